The summed E-state index contributed by atoms with van der Waals surface area (Å²) in [6.45, 7) is 5.53. The Balaban J connectivity index is 1.49. The molecule has 1 heterocycles. The summed E-state index contributed by atoms with van der Waals surface area (Å²) >= 11 is 0. The molecule has 0 saturated carbocycles. The van der Waals surface area contributed by atoms with Crippen molar-refractivity contribution in [2.75, 3.05) is 18.6 Å². The highest BCUT2D eigenvalue weighted by molar-refractivity contribution is 5.82. The quantitative estimate of drug-likeness (QED) is 0.176. The first-order chi connectivity index (χ1) is 15.3. The molecule has 3 aromatic rings. The topological polar surface area (TPSA) is 71.5 Å². The van der Waals surface area contributed by atoms with Crippen LogP contribution >= 0.6 is 0 Å². The Morgan fingerprint density at radius 1 is 0.935 bits per heavy atom. The Morgan fingerprint density at radius 3 is 2.55 bits per heavy atom. The van der Waals surface area contributed by atoms with Crippen LogP contribution in [0.15, 0.2) is 47.6 Å². The first-order valence-corrected chi connectivity index (χ1v) is 11.4. The monoisotopic (exact) mass is 422 g/mol. The first kappa shape index (κ1) is 22.7. The fourth-order valence-electron chi connectivity index (χ4n) is 3.41. The predicted octanol–water partition coefficient (Wildman–Crippen LogP) is 6.54. The third-order valence-electron chi connectivity index (χ3n) is 5.05. The zero-order valence-corrected chi connectivity index (χ0v) is 18.7. The van der Waals surface area contributed by atoms with Gasteiger partial charge in [0.15, 0.2) is 11.5 Å². The van der Waals surface area contributed by atoms with Gasteiger partial charge in [-0.1, -0.05) is 57.6 Å². The van der Waals surface area contributed by atoms with E-state index >= 15 is 0 Å². The molecule has 0 aliphatic heterocycles. The number of nitrogens with zero attached hydrogens (tertiary/aromatic N) is 2. The molecular weight excluding hydrogens is 388 g/mol. The number of aromatic nitrogens is 2. The highest BCUT2D eigenvalue weighted by Gasteiger charge is 2.06. The molecule has 0 spiro atoms. The normalized spacial score (nSPS) is 11.3. The fraction of sp³-hybridized carbons (Fsp3) is 0.440. The van der Waals surface area contributed by atoms with Crippen molar-refractivity contribution in [1.82, 2.24) is 9.97 Å². The van der Waals surface area contributed by atoms with Crippen LogP contribution in [0.25, 0.3) is 11.0 Å². The maximum atomic E-state index is 5.98. The lowest BCUT2D eigenvalue weighted by Crippen LogP contribution is -2.02. The number of aromatic amines is 1. The summed E-state index contributed by atoms with van der Waals surface area (Å²) < 4.78 is 11.8. The zero-order chi connectivity index (χ0) is 21.7. The van der Waals surface area contributed by atoms with Crippen molar-refractivity contribution in [3.63, 3.8) is 0 Å². The molecule has 3 rings (SSSR count). The van der Waals surface area contributed by atoms with Crippen LogP contribution in [0.5, 0.6) is 11.5 Å². The number of benzene rings is 2. The maximum absolute atomic E-state index is 5.98. The van der Waals surface area contributed by atoms with Crippen molar-refractivity contribution in [2.45, 2.75) is 58.8 Å². The molecule has 0 atom stereocenters. The Bertz CT molecular complexity index is 919. The highest BCUT2D eigenvalue weighted by atomic mass is 16.5. The number of hydrogen-bond donors (Lipinski definition) is 2. The Morgan fingerprint density at radius 2 is 1.74 bits per heavy atom. The van der Waals surface area contributed by atoms with Gasteiger partial charge in [0, 0.05) is 0 Å². The van der Waals surface area contributed by atoms with Crippen LogP contribution in [0.1, 0.15) is 64.4 Å². The number of unbranched alkanes of at least 4 members (excludes halogenated alkanes) is 6. The highest BCUT2D eigenvalue weighted by Crippen LogP contribution is 2.28. The molecule has 166 valence electrons. The van der Waals surface area contributed by atoms with Crippen LogP contribution in [0.2, 0.25) is 0 Å². The molecule has 0 unspecified atom stereocenters. The summed E-state index contributed by atoms with van der Waals surface area (Å²) in [5.41, 5.74) is 5.75. The van der Waals surface area contributed by atoms with Gasteiger partial charge < -0.3 is 14.5 Å². The average molecular weight is 423 g/mol. The zero-order valence-electron chi connectivity index (χ0n) is 18.7. The minimum Gasteiger partial charge on any atom is -0.490 e. The molecule has 0 bridgehead atoms. The first-order valence-electron chi connectivity index (χ1n) is 11.4. The number of H-pyrrole nitrogens is 1. The van der Waals surface area contributed by atoms with Crippen molar-refractivity contribution < 1.29 is 9.47 Å². The number of ether oxygens (including phenoxy) is 2. The molecule has 6 nitrogen and oxygen atoms in total. The second-order valence-corrected chi connectivity index (χ2v) is 7.58. The Labute approximate surface area is 185 Å². The van der Waals surface area contributed by atoms with Crippen LogP contribution in [-0.2, 0) is 0 Å². The Hall–Kier alpha value is -3.02. The lowest BCUT2D eigenvalue weighted by Gasteiger charge is -2.12. The third kappa shape index (κ3) is 7.31. The molecule has 0 radical (unpaired) electrons. The van der Waals surface area contributed by atoms with Gasteiger partial charge in [-0.3, -0.25) is 0 Å². The summed E-state index contributed by atoms with van der Waals surface area (Å²) in [6.07, 6.45) is 10.6. The standard InChI is InChI=1S/C25H34N4O2/c1-3-5-6-7-8-9-12-17-31-23-16-15-20(18-24(23)30-4-2)19-26-29-25-27-21-13-10-11-14-22(21)28-25/h10-11,13-16,18-19H,3-9,12,17H2,1-2H3,(H2,27,28,29)/b26-19-. The number of para-hydroxylation sites is 2. The van der Waals surface area contributed by atoms with Gasteiger partial charge in [0.1, 0.15) is 0 Å². The number of nitrogens with one attached hydrogen (secondary N) is 2. The number of fused-ring (bicyclic) bond motifs is 1. The number of hydrogen-bond acceptors (Lipinski definition) is 5. The van der Waals surface area contributed by atoms with Gasteiger partial charge in [-0.05, 0) is 49.2 Å². The van der Waals surface area contributed by atoms with E-state index in [-0.39, 0.29) is 0 Å². The lowest BCUT2D eigenvalue weighted by molar-refractivity contribution is 0.270. The van der Waals surface area contributed by atoms with Crippen LogP contribution in [-0.4, -0.2) is 29.4 Å². The van der Waals surface area contributed by atoms with Gasteiger partial charge >= 0.3 is 0 Å². The third-order valence-corrected chi connectivity index (χ3v) is 5.05. The summed E-state index contributed by atoms with van der Waals surface area (Å²) in [5, 5.41) is 4.29. The number of anilines is 1. The van der Waals surface area contributed by atoms with Crippen molar-refractivity contribution >= 4 is 23.2 Å². The molecule has 2 aromatic carbocycles. The van der Waals surface area contributed by atoms with E-state index in [0.717, 1.165) is 41.1 Å². The molecule has 0 saturated heterocycles. The van der Waals surface area contributed by atoms with Gasteiger partial charge in [-0.25, -0.2) is 10.4 Å². The van der Waals surface area contributed by atoms with E-state index in [1.54, 1.807) is 6.21 Å². The average Bonchev–Trinajstić information content (AvgIpc) is 3.20. The van der Waals surface area contributed by atoms with Crippen LogP contribution in [0.4, 0.5) is 5.95 Å². The minimum atomic E-state index is 0.589. The van der Waals surface area contributed by atoms with E-state index in [9.17, 15) is 0 Å². The van der Waals surface area contributed by atoms with Crippen LogP contribution < -0.4 is 14.9 Å². The molecule has 1 aromatic heterocycles. The van der Waals surface area contributed by atoms with Crippen molar-refractivity contribution in [2.24, 2.45) is 5.10 Å². The Kier molecular flexibility index (Phi) is 9.23. The van der Waals surface area contributed by atoms with E-state index in [4.69, 9.17) is 9.47 Å². The fourth-order valence-corrected chi connectivity index (χ4v) is 3.41. The van der Waals surface area contributed by atoms with E-state index in [0.29, 0.717) is 12.6 Å². The maximum Gasteiger partial charge on any atom is 0.222 e. The molecule has 2 N–H and O–H groups in total. The lowest BCUT2D eigenvalue weighted by atomic mass is 10.1. The molecule has 0 fully saturated rings. The smallest absolute Gasteiger partial charge is 0.222 e. The van der Waals surface area contributed by atoms with Crippen molar-refractivity contribution in [3.8, 4) is 11.5 Å². The second-order valence-electron chi connectivity index (χ2n) is 7.58. The summed E-state index contributed by atoms with van der Waals surface area (Å²) in [4.78, 5) is 7.64. The van der Waals surface area contributed by atoms with Gasteiger partial charge in [0.25, 0.3) is 0 Å². The summed E-state index contributed by atoms with van der Waals surface area (Å²) in [7, 11) is 0. The molecular formula is C25H34N4O2. The molecule has 0 amide bonds. The van der Waals surface area contributed by atoms with E-state index in [2.05, 4.69) is 27.4 Å². The number of hydrazone groups is 1. The second kappa shape index (κ2) is 12.6. The number of rotatable bonds is 14. The van der Waals surface area contributed by atoms with Gasteiger partial charge in [0.05, 0.1) is 30.5 Å². The summed E-state index contributed by atoms with van der Waals surface area (Å²) in [6, 6.07) is 13.8. The molecule has 6 heteroatoms. The molecule has 0 aliphatic rings. The molecule has 0 aliphatic carbocycles. The van der Waals surface area contributed by atoms with Gasteiger partial charge in [-0.2, -0.15) is 5.10 Å². The van der Waals surface area contributed by atoms with Crippen molar-refractivity contribution in [3.05, 3.63) is 48.0 Å². The van der Waals surface area contributed by atoms with E-state index < -0.39 is 0 Å². The van der Waals surface area contributed by atoms with E-state index in [1.165, 1.54) is 38.5 Å². The molecule has 31 heavy (non-hydrogen) atoms. The number of imidazole rings is 1. The van der Waals surface area contributed by atoms with E-state index in [1.807, 2.05) is 49.4 Å². The SMILES string of the molecule is CCCCCCCCCOc1ccc(/C=N\Nc2nc3ccccc3[nH]2)cc1OCC. The minimum absolute atomic E-state index is 0.589. The van der Waals surface area contributed by atoms with Gasteiger partial charge in [-0.15, -0.1) is 0 Å². The van der Waals surface area contributed by atoms with Crippen LogP contribution in [0, 0.1) is 0 Å². The van der Waals surface area contributed by atoms with Gasteiger partial charge in [0.2, 0.25) is 5.95 Å². The predicted molar refractivity (Wildman–Crippen MR) is 128 cm³/mol. The largest absolute Gasteiger partial charge is 0.490 e. The summed E-state index contributed by atoms with van der Waals surface area (Å²) in [5.74, 6) is 2.14. The van der Waals surface area contributed by atoms with Crippen molar-refractivity contribution in [1.29, 1.82) is 0 Å². The van der Waals surface area contributed by atoms with Crippen LogP contribution in [0.3, 0.4) is 0 Å².